The Morgan fingerprint density at radius 2 is 1.68 bits per heavy atom. The van der Waals surface area contributed by atoms with Crippen LogP contribution in [-0.2, 0) is 6.61 Å². The zero-order valence-corrected chi connectivity index (χ0v) is 18.4. The second-order valence-electron chi connectivity index (χ2n) is 7.41. The number of hydrogen-bond donors (Lipinski definition) is 2. The molecule has 3 rings (SSSR count). The van der Waals surface area contributed by atoms with E-state index in [0.29, 0.717) is 36.2 Å². The largest absolute Gasteiger partial charge is 0.492 e. The van der Waals surface area contributed by atoms with Crippen LogP contribution >= 0.6 is 12.2 Å². The van der Waals surface area contributed by atoms with Gasteiger partial charge in [-0.25, -0.2) is 0 Å². The van der Waals surface area contributed by atoms with Crippen molar-refractivity contribution >= 4 is 28.9 Å². The third-order valence-electron chi connectivity index (χ3n) is 4.27. The molecular formula is C25H26N2O3S. The van der Waals surface area contributed by atoms with Crippen molar-refractivity contribution in [2.75, 3.05) is 11.9 Å². The van der Waals surface area contributed by atoms with Crippen LogP contribution < -0.4 is 20.1 Å². The average Bonchev–Trinajstić information content (AvgIpc) is 2.77. The Kier molecular flexibility index (Phi) is 8.01. The minimum atomic E-state index is -0.326. The van der Waals surface area contributed by atoms with Gasteiger partial charge < -0.3 is 14.8 Å². The number of benzene rings is 3. The van der Waals surface area contributed by atoms with Crippen LogP contribution in [0.5, 0.6) is 11.5 Å². The van der Waals surface area contributed by atoms with E-state index in [4.69, 9.17) is 21.7 Å². The highest BCUT2D eigenvalue weighted by Gasteiger charge is 2.14. The predicted molar refractivity (Wildman–Crippen MR) is 128 cm³/mol. The van der Waals surface area contributed by atoms with Crippen molar-refractivity contribution < 1.29 is 14.3 Å². The summed E-state index contributed by atoms with van der Waals surface area (Å²) in [6.45, 7) is 5.11. The Morgan fingerprint density at radius 1 is 0.935 bits per heavy atom. The molecule has 0 saturated carbocycles. The van der Waals surface area contributed by atoms with E-state index in [-0.39, 0.29) is 11.0 Å². The molecule has 0 spiro atoms. The maximum atomic E-state index is 12.7. The van der Waals surface area contributed by atoms with E-state index in [1.165, 1.54) is 0 Å². The van der Waals surface area contributed by atoms with Crippen molar-refractivity contribution in [3.05, 3.63) is 90.0 Å². The molecule has 0 atom stereocenters. The highest BCUT2D eigenvalue weighted by Crippen LogP contribution is 2.20. The van der Waals surface area contributed by atoms with Crippen LogP contribution in [0.1, 0.15) is 29.8 Å². The zero-order chi connectivity index (χ0) is 22.1. The molecule has 160 valence electrons. The lowest BCUT2D eigenvalue weighted by molar-refractivity contribution is 0.0973. The Balaban J connectivity index is 1.58. The summed E-state index contributed by atoms with van der Waals surface area (Å²) in [5.41, 5.74) is 2.24. The summed E-state index contributed by atoms with van der Waals surface area (Å²) >= 11 is 5.32. The molecule has 0 aliphatic carbocycles. The van der Waals surface area contributed by atoms with Crippen LogP contribution in [0.25, 0.3) is 0 Å². The van der Waals surface area contributed by atoms with Crippen LogP contribution in [0.3, 0.4) is 0 Å². The lowest BCUT2D eigenvalue weighted by Crippen LogP contribution is -2.34. The molecule has 0 aromatic heterocycles. The van der Waals surface area contributed by atoms with E-state index in [1.807, 2.05) is 60.7 Å². The molecule has 0 unspecified atom stereocenters. The molecule has 0 fully saturated rings. The number of amides is 1. The number of rotatable bonds is 8. The van der Waals surface area contributed by atoms with Crippen molar-refractivity contribution in [1.29, 1.82) is 0 Å². The van der Waals surface area contributed by atoms with Gasteiger partial charge in [-0.1, -0.05) is 62.4 Å². The molecule has 0 heterocycles. The van der Waals surface area contributed by atoms with Crippen molar-refractivity contribution in [3.8, 4) is 11.5 Å². The number of anilines is 1. The maximum Gasteiger partial charge on any atom is 0.261 e. The topological polar surface area (TPSA) is 59.6 Å². The number of carbonyl (C=O) groups is 1. The molecule has 0 aliphatic heterocycles. The SMILES string of the molecule is CC(C)COc1ccccc1C(=O)NC(=S)Nc1cccc(OCc2ccccc2)c1. The van der Waals surface area contributed by atoms with Gasteiger partial charge in [0.1, 0.15) is 18.1 Å². The summed E-state index contributed by atoms with van der Waals surface area (Å²) in [5.74, 6) is 1.27. The van der Waals surface area contributed by atoms with Gasteiger partial charge in [0.2, 0.25) is 0 Å². The number of thiocarbonyl (C=S) groups is 1. The second kappa shape index (κ2) is 11.1. The Morgan fingerprint density at radius 3 is 2.45 bits per heavy atom. The molecule has 1 amide bonds. The van der Waals surface area contributed by atoms with E-state index < -0.39 is 0 Å². The lowest BCUT2D eigenvalue weighted by Gasteiger charge is -2.14. The standard InChI is InChI=1S/C25H26N2O3S/c1-18(2)16-30-23-14-7-6-13-22(23)24(28)27-25(31)26-20-11-8-12-21(15-20)29-17-19-9-4-3-5-10-19/h3-15,18H,16-17H2,1-2H3,(H2,26,27,28,31). The maximum absolute atomic E-state index is 12.7. The first-order valence-electron chi connectivity index (χ1n) is 10.1. The first-order chi connectivity index (χ1) is 15.0. The second-order valence-corrected chi connectivity index (χ2v) is 7.82. The summed E-state index contributed by atoms with van der Waals surface area (Å²) in [6, 6.07) is 24.5. The minimum Gasteiger partial charge on any atom is -0.492 e. The molecule has 31 heavy (non-hydrogen) atoms. The van der Waals surface area contributed by atoms with Crippen molar-refractivity contribution in [2.45, 2.75) is 20.5 Å². The molecule has 2 N–H and O–H groups in total. The van der Waals surface area contributed by atoms with Crippen LogP contribution in [0.2, 0.25) is 0 Å². The molecule has 0 bridgehead atoms. The Hall–Kier alpha value is -3.38. The van der Waals surface area contributed by atoms with E-state index in [2.05, 4.69) is 24.5 Å². The van der Waals surface area contributed by atoms with Crippen LogP contribution in [0.4, 0.5) is 5.69 Å². The van der Waals surface area contributed by atoms with Gasteiger partial charge in [-0.2, -0.15) is 0 Å². The minimum absolute atomic E-state index is 0.198. The first-order valence-corrected chi connectivity index (χ1v) is 10.5. The molecule has 3 aromatic rings. The number of nitrogens with one attached hydrogen (secondary N) is 2. The monoisotopic (exact) mass is 434 g/mol. The number of hydrogen-bond acceptors (Lipinski definition) is 4. The number of ether oxygens (including phenoxy) is 2. The molecular weight excluding hydrogens is 408 g/mol. The van der Waals surface area contributed by atoms with Gasteiger partial charge in [-0.15, -0.1) is 0 Å². The predicted octanol–water partition coefficient (Wildman–Crippen LogP) is 5.43. The van der Waals surface area contributed by atoms with E-state index >= 15 is 0 Å². The van der Waals surface area contributed by atoms with Gasteiger partial charge in [0.05, 0.1) is 12.2 Å². The van der Waals surface area contributed by atoms with Crippen LogP contribution in [0, 0.1) is 5.92 Å². The van der Waals surface area contributed by atoms with Crippen LogP contribution in [0.15, 0.2) is 78.9 Å². The van der Waals surface area contributed by atoms with Gasteiger partial charge in [-0.05, 0) is 48.0 Å². The normalized spacial score (nSPS) is 10.4. The van der Waals surface area contributed by atoms with Crippen molar-refractivity contribution in [2.24, 2.45) is 5.92 Å². The van der Waals surface area contributed by atoms with E-state index in [1.54, 1.807) is 18.2 Å². The summed E-state index contributed by atoms with van der Waals surface area (Å²) in [5, 5.41) is 5.94. The van der Waals surface area contributed by atoms with Gasteiger partial charge in [0.25, 0.3) is 5.91 Å². The zero-order valence-electron chi connectivity index (χ0n) is 17.6. The van der Waals surface area contributed by atoms with Gasteiger partial charge in [0, 0.05) is 11.8 Å². The number of para-hydroxylation sites is 1. The summed E-state index contributed by atoms with van der Waals surface area (Å²) in [7, 11) is 0. The van der Waals surface area contributed by atoms with Gasteiger partial charge >= 0.3 is 0 Å². The third-order valence-corrected chi connectivity index (χ3v) is 4.48. The highest BCUT2D eigenvalue weighted by atomic mass is 32.1. The summed E-state index contributed by atoms with van der Waals surface area (Å²) in [6.07, 6.45) is 0. The smallest absolute Gasteiger partial charge is 0.261 e. The molecule has 0 saturated heterocycles. The molecule has 0 aliphatic rings. The average molecular weight is 435 g/mol. The molecule has 3 aromatic carbocycles. The van der Waals surface area contributed by atoms with E-state index in [0.717, 1.165) is 11.3 Å². The van der Waals surface area contributed by atoms with Gasteiger partial charge in [-0.3, -0.25) is 10.1 Å². The summed E-state index contributed by atoms with van der Waals surface area (Å²) < 4.78 is 11.6. The Labute approximate surface area is 188 Å². The fourth-order valence-electron chi connectivity index (χ4n) is 2.77. The Bertz CT molecular complexity index is 1020. The fourth-order valence-corrected chi connectivity index (χ4v) is 2.98. The molecule has 6 heteroatoms. The summed E-state index contributed by atoms with van der Waals surface area (Å²) in [4.78, 5) is 12.7. The van der Waals surface area contributed by atoms with Crippen LogP contribution in [-0.4, -0.2) is 17.6 Å². The molecule has 0 radical (unpaired) electrons. The number of carbonyl (C=O) groups excluding carboxylic acids is 1. The highest BCUT2D eigenvalue weighted by molar-refractivity contribution is 7.80. The quantitative estimate of drug-likeness (QED) is 0.463. The molecule has 5 nitrogen and oxygen atoms in total. The lowest BCUT2D eigenvalue weighted by atomic mass is 10.2. The van der Waals surface area contributed by atoms with Gasteiger partial charge in [0.15, 0.2) is 5.11 Å². The van der Waals surface area contributed by atoms with E-state index in [9.17, 15) is 4.79 Å². The third kappa shape index (κ3) is 7.12. The first kappa shape index (κ1) is 22.3. The van der Waals surface area contributed by atoms with Crippen molar-refractivity contribution in [1.82, 2.24) is 5.32 Å². The van der Waals surface area contributed by atoms with Crippen molar-refractivity contribution in [3.63, 3.8) is 0 Å². The fraction of sp³-hybridized carbons (Fsp3) is 0.200.